The second kappa shape index (κ2) is 14.8. The van der Waals surface area contributed by atoms with Gasteiger partial charge in [0, 0.05) is 13.1 Å². The number of nitrogens with zero attached hydrogens (tertiary/aromatic N) is 2. The minimum Gasteiger partial charge on any atom is -0.497 e. The largest absolute Gasteiger partial charge is 0.497 e. The number of anilines is 1. The van der Waals surface area contributed by atoms with Gasteiger partial charge >= 0.3 is 0 Å². The molecule has 3 aromatic rings. The van der Waals surface area contributed by atoms with Crippen molar-refractivity contribution in [2.45, 2.75) is 51.6 Å². The molecule has 8 nitrogen and oxygen atoms in total. The molecule has 3 rings (SSSR count). The average molecular weight is 635 g/mol. The summed E-state index contributed by atoms with van der Waals surface area (Å²) < 4.78 is 34.3. The van der Waals surface area contributed by atoms with Crippen molar-refractivity contribution in [2.24, 2.45) is 5.92 Å². The summed E-state index contributed by atoms with van der Waals surface area (Å²) in [5.74, 6) is -0.0774. The molecule has 0 aliphatic rings. The maximum absolute atomic E-state index is 14.2. The number of aryl methyl sites for hydroxylation is 1. The third kappa shape index (κ3) is 8.40. The summed E-state index contributed by atoms with van der Waals surface area (Å²) in [4.78, 5) is 28.9. The van der Waals surface area contributed by atoms with Crippen LogP contribution in [0.3, 0.4) is 0 Å². The van der Waals surface area contributed by atoms with E-state index in [0.29, 0.717) is 18.7 Å². The predicted molar refractivity (Wildman–Crippen MR) is 168 cm³/mol. The first-order valence-corrected chi connectivity index (χ1v) is 15.8. The maximum Gasteiger partial charge on any atom is 0.264 e. The van der Waals surface area contributed by atoms with Gasteiger partial charge in [-0.15, -0.1) is 0 Å². The fraction of sp³-hybridized carbons (Fsp3) is 0.355. The number of hydrogen-bond acceptors (Lipinski definition) is 5. The monoisotopic (exact) mass is 633 g/mol. The lowest BCUT2D eigenvalue weighted by Crippen LogP contribution is -2.52. The lowest BCUT2D eigenvalue weighted by molar-refractivity contribution is -0.140. The Kier molecular flexibility index (Phi) is 11.7. The first-order valence-electron chi connectivity index (χ1n) is 13.6. The van der Waals surface area contributed by atoms with E-state index < -0.39 is 28.5 Å². The van der Waals surface area contributed by atoms with Gasteiger partial charge in [-0.3, -0.25) is 13.9 Å². The summed E-state index contributed by atoms with van der Waals surface area (Å²) in [6.45, 7) is 7.54. The highest BCUT2D eigenvalue weighted by Crippen LogP contribution is 2.31. The molecule has 0 spiro atoms. The fourth-order valence-electron chi connectivity index (χ4n) is 4.32. The minimum absolute atomic E-state index is 0.00744. The van der Waals surface area contributed by atoms with E-state index in [2.05, 4.69) is 5.32 Å². The normalized spacial score (nSPS) is 12.1. The molecular weight excluding hydrogens is 597 g/mol. The van der Waals surface area contributed by atoms with Crippen LogP contribution >= 0.6 is 23.2 Å². The summed E-state index contributed by atoms with van der Waals surface area (Å²) in [5, 5.41) is 3.30. The molecule has 0 fully saturated rings. The van der Waals surface area contributed by atoms with Crippen molar-refractivity contribution < 1.29 is 22.7 Å². The smallest absolute Gasteiger partial charge is 0.264 e. The second-order valence-corrected chi connectivity index (χ2v) is 13.0. The van der Waals surface area contributed by atoms with E-state index in [0.717, 1.165) is 15.4 Å². The van der Waals surface area contributed by atoms with Crippen LogP contribution in [-0.2, 0) is 26.2 Å². The van der Waals surface area contributed by atoms with Crippen molar-refractivity contribution >= 4 is 50.7 Å². The summed E-state index contributed by atoms with van der Waals surface area (Å²) in [7, 11) is -2.68. The Hall–Kier alpha value is -3.27. The van der Waals surface area contributed by atoms with E-state index in [1.54, 1.807) is 37.4 Å². The quantitative estimate of drug-likeness (QED) is 0.246. The molecule has 0 heterocycles. The highest BCUT2D eigenvalue weighted by atomic mass is 35.5. The van der Waals surface area contributed by atoms with Gasteiger partial charge in [0.1, 0.15) is 18.3 Å². The number of amides is 2. The number of carbonyl (C=O) groups is 2. The van der Waals surface area contributed by atoms with E-state index in [9.17, 15) is 18.0 Å². The maximum atomic E-state index is 14.2. The van der Waals surface area contributed by atoms with Crippen LogP contribution in [0.15, 0.2) is 71.6 Å². The van der Waals surface area contributed by atoms with Crippen LogP contribution in [-0.4, -0.2) is 51.4 Å². The Balaban J connectivity index is 2.08. The molecule has 0 aliphatic carbocycles. The van der Waals surface area contributed by atoms with E-state index in [-0.39, 0.29) is 39.0 Å². The Morgan fingerprint density at radius 1 is 0.976 bits per heavy atom. The Bertz CT molecular complexity index is 1500. The van der Waals surface area contributed by atoms with E-state index in [1.165, 1.54) is 35.2 Å². The van der Waals surface area contributed by atoms with Crippen molar-refractivity contribution in [2.75, 3.05) is 24.5 Å². The number of carbonyl (C=O) groups excluding carboxylic acids is 2. The highest BCUT2D eigenvalue weighted by Gasteiger charge is 2.34. The molecule has 3 aromatic carbocycles. The van der Waals surface area contributed by atoms with Gasteiger partial charge in [-0.1, -0.05) is 73.8 Å². The molecule has 1 atom stereocenters. The summed E-state index contributed by atoms with van der Waals surface area (Å²) >= 11 is 12.4. The summed E-state index contributed by atoms with van der Waals surface area (Å²) in [5.41, 5.74) is 1.77. The SMILES string of the molecule is CC[C@@H](C(=O)NCC(C)C)N(Cc1cccc(OC)c1)C(=O)CN(c1ccc(Cl)c(Cl)c1)S(=O)(=O)c1ccc(C)cc1. The molecule has 0 aliphatic heterocycles. The van der Waals surface area contributed by atoms with Crippen molar-refractivity contribution in [1.29, 1.82) is 0 Å². The van der Waals surface area contributed by atoms with Gasteiger partial charge in [0.05, 0.1) is 27.7 Å². The molecule has 0 saturated heterocycles. The van der Waals surface area contributed by atoms with E-state index in [4.69, 9.17) is 27.9 Å². The zero-order valence-corrected chi connectivity index (χ0v) is 26.8. The van der Waals surface area contributed by atoms with Crippen LogP contribution < -0.4 is 14.4 Å². The van der Waals surface area contributed by atoms with Gasteiger partial charge in [-0.25, -0.2) is 8.42 Å². The van der Waals surface area contributed by atoms with Crippen molar-refractivity contribution in [3.05, 3.63) is 87.9 Å². The number of methoxy groups -OCH3 is 1. The van der Waals surface area contributed by atoms with Crippen molar-refractivity contribution in [3.8, 4) is 5.75 Å². The molecule has 0 aromatic heterocycles. The highest BCUT2D eigenvalue weighted by molar-refractivity contribution is 7.92. The van der Waals surface area contributed by atoms with Gasteiger partial charge < -0.3 is 15.0 Å². The van der Waals surface area contributed by atoms with Crippen LogP contribution in [0.4, 0.5) is 5.69 Å². The van der Waals surface area contributed by atoms with Gasteiger partial charge in [0.2, 0.25) is 11.8 Å². The second-order valence-electron chi connectivity index (χ2n) is 10.4. The van der Waals surface area contributed by atoms with Crippen LogP contribution in [0.25, 0.3) is 0 Å². The van der Waals surface area contributed by atoms with E-state index in [1.807, 2.05) is 33.8 Å². The lowest BCUT2D eigenvalue weighted by atomic mass is 10.1. The number of halogens is 2. The standard InChI is InChI=1S/C31H37Cl2N3O5S/c1-6-29(31(38)34-18-21(2)3)35(19-23-8-7-9-25(16-23)41-5)30(37)20-36(24-12-15-27(32)28(33)17-24)42(39,40)26-13-10-22(4)11-14-26/h7-17,21,29H,6,18-20H2,1-5H3,(H,34,38)/t29-/m0/s1. The zero-order chi connectivity index (χ0) is 31.0. The van der Waals surface area contributed by atoms with Gasteiger partial charge in [-0.2, -0.15) is 0 Å². The van der Waals surface area contributed by atoms with Crippen molar-refractivity contribution in [3.63, 3.8) is 0 Å². The predicted octanol–water partition coefficient (Wildman–Crippen LogP) is 6.09. The number of hydrogen-bond donors (Lipinski definition) is 1. The average Bonchev–Trinajstić information content (AvgIpc) is 2.96. The molecule has 0 saturated carbocycles. The molecule has 0 radical (unpaired) electrons. The number of benzene rings is 3. The Labute approximate surface area is 258 Å². The van der Waals surface area contributed by atoms with Crippen LogP contribution in [0.5, 0.6) is 5.75 Å². The minimum atomic E-state index is -4.22. The molecule has 0 bridgehead atoms. The lowest BCUT2D eigenvalue weighted by Gasteiger charge is -2.33. The van der Waals surface area contributed by atoms with Gasteiger partial charge in [-0.05, 0) is 67.3 Å². The fourth-order valence-corrected chi connectivity index (χ4v) is 6.01. The molecule has 11 heteroatoms. The summed E-state index contributed by atoms with van der Waals surface area (Å²) in [6, 6.07) is 17.0. The van der Waals surface area contributed by atoms with Crippen LogP contribution in [0, 0.1) is 12.8 Å². The van der Waals surface area contributed by atoms with E-state index >= 15 is 0 Å². The molecule has 0 unspecified atom stereocenters. The third-order valence-corrected chi connectivity index (χ3v) is 9.16. The molecule has 1 N–H and O–H groups in total. The van der Waals surface area contributed by atoms with Crippen molar-refractivity contribution in [1.82, 2.24) is 10.2 Å². The Morgan fingerprint density at radius 2 is 1.67 bits per heavy atom. The topological polar surface area (TPSA) is 96.0 Å². The summed E-state index contributed by atoms with van der Waals surface area (Å²) in [6.07, 6.45) is 0.317. The van der Waals surface area contributed by atoms with Crippen LogP contribution in [0.2, 0.25) is 10.0 Å². The molecule has 2 amide bonds. The third-order valence-electron chi connectivity index (χ3n) is 6.64. The van der Waals surface area contributed by atoms with Gasteiger partial charge in [0.15, 0.2) is 0 Å². The van der Waals surface area contributed by atoms with Gasteiger partial charge in [0.25, 0.3) is 10.0 Å². The van der Waals surface area contributed by atoms with Crippen LogP contribution in [0.1, 0.15) is 38.3 Å². The number of ether oxygens (including phenoxy) is 1. The first-order chi connectivity index (χ1) is 19.9. The number of sulfonamides is 1. The first kappa shape index (κ1) is 33.2. The Morgan fingerprint density at radius 3 is 2.26 bits per heavy atom. The molecule has 42 heavy (non-hydrogen) atoms. The number of nitrogens with one attached hydrogen (secondary N) is 1. The zero-order valence-electron chi connectivity index (χ0n) is 24.4. The number of rotatable bonds is 13. The molecular formula is C31H37Cl2N3O5S. The molecule has 226 valence electrons.